The highest BCUT2D eigenvalue weighted by Gasteiger charge is 2.10. The quantitative estimate of drug-likeness (QED) is 0.334. The maximum atomic E-state index is 12.4. The molecule has 4 rings (SSSR count). The van der Waals surface area contributed by atoms with E-state index >= 15 is 0 Å². The lowest BCUT2D eigenvalue weighted by Gasteiger charge is -2.13. The molecular formula is C26H22ClN5O2. The Morgan fingerprint density at radius 2 is 1.71 bits per heavy atom. The number of hydrogen-bond acceptors (Lipinski definition) is 5. The summed E-state index contributed by atoms with van der Waals surface area (Å²) in [7, 11) is 0. The number of nitrogens with one attached hydrogen (secondary N) is 3. The fraction of sp³-hybridized carbons (Fsp3) is 0.0769. The number of anilines is 3. The van der Waals surface area contributed by atoms with Gasteiger partial charge in [0.2, 0.25) is 11.9 Å². The summed E-state index contributed by atoms with van der Waals surface area (Å²) in [5.41, 5.74) is 4.42. The zero-order valence-electron chi connectivity index (χ0n) is 18.4. The molecule has 0 aliphatic heterocycles. The van der Waals surface area contributed by atoms with Gasteiger partial charge in [0.25, 0.3) is 5.91 Å². The molecule has 0 aliphatic rings. The summed E-state index contributed by atoms with van der Waals surface area (Å²) in [5, 5.41) is 9.42. The van der Waals surface area contributed by atoms with Gasteiger partial charge in [-0.1, -0.05) is 48.0 Å². The molecule has 8 heteroatoms. The van der Waals surface area contributed by atoms with Gasteiger partial charge in [-0.05, 0) is 48.0 Å². The lowest BCUT2D eigenvalue weighted by molar-refractivity contribution is -0.114. The summed E-state index contributed by atoms with van der Waals surface area (Å²) in [4.78, 5) is 32.6. The average molecular weight is 472 g/mol. The van der Waals surface area contributed by atoms with Crippen LogP contribution in [0.3, 0.4) is 0 Å². The molecule has 7 nitrogen and oxygen atoms in total. The summed E-state index contributed by atoms with van der Waals surface area (Å²) < 4.78 is 0. The van der Waals surface area contributed by atoms with Crippen molar-refractivity contribution in [3.05, 3.63) is 101 Å². The molecule has 2 amide bonds. The molecule has 0 fully saturated rings. The SMILES string of the molecule is CC(=O)Nc1ccc(-c2ccnc(Nc3cc(Cl)ccc3CNC(=O)c3ccccc3)n2)cc1. The van der Waals surface area contributed by atoms with Crippen molar-refractivity contribution in [3.63, 3.8) is 0 Å². The number of aromatic nitrogens is 2. The highest BCUT2D eigenvalue weighted by molar-refractivity contribution is 6.30. The fourth-order valence-electron chi connectivity index (χ4n) is 3.31. The third kappa shape index (κ3) is 5.96. The van der Waals surface area contributed by atoms with Crippen molar-refractivity contribution < 1.29 is 9.59 Å². The van der Waals surface area contributed by atoms with E-state index in [0.29, 0.717) is 40.1 Å². The van der Waals surface area contributed by atoms with Crippen LogP contribution >= 0.6 is 11.6 Å². The van der Waals surface area contributed by atoms with Crippen LogP contribution in [0.1, 0.15) is 22.8 Å². The van der Waals surface area contributed by atoms with E-state index in [9.17, 15) is 9.59 Å². The maximum Gasteiger partial charge on any atom is 0.251 e. The second-order valence-electron chi connectivity index (χ2n) is 7.50. The first-order chi connectivity index (χ1) is 16.5. The average Bonchev–Trinajstić information content (AvgIpc) is 2.84. The minimum absolute atomic E-state index is 0.126. The van der Waals surface area contributed by atoms with E-state index < -0.39 is 0 Å². The Labute approximate surface area is 202 Å². The Bertz CT molecular complexity index is 1310. The van der Waals surface area contributed by atoms with Crippen LogP contribution in [0.5, 0.6) is 0 Å². The van der Waals surface area contributed by atoms with Crippen molar-refractivity contribution in [1.82, 2.24) is 15.3 Å². The van der Waals surface area contributed by atoms with Gasteiger partial charge in [0.15, 0.2) is 0 Å². The van der Waals surface area contributed by atoms with Crippen molar-refractivity contribution in [3.8, 4) is 11.3 Å². The molecule has 1 aromatic heterocycles. The Kier molecular flexibility index (Phi) is 7.15. The predicted molar refractivity (Wildman–Crippen MR) is 134 cm³/mol. The number of carbonyl (C=O) groups excluding carboxylic acids is 2. The molecule has 170 valence electrons. The number of carbonyl (C=O) groups is 2. The van der Waals surface area contributed by atoms with Crippen molar-refractivity contribution in [1.29, 1.82) is 0 Å². The second kappa shape index (κ2) is 10.6. The van der Waals surface area contributed by atoms with E-state index in [0.717, 1.165) is 11.1 Å². The minimum atomic E-state index is -0.164. The smallest absolute Gasteiger partial charge is 0.251 e. The fourth-order valence-corrected chi connectivity index (χ4v) is 3.49. The van der Waals surface area contributed by atoms with E-state index in [1.807, 2.05) is 48.5 Å². The van der Waals surface area contributed by atoms with Gasteiger partial charge in [-0.2, -0.15) is 0 Å². The monoisotopic (exact) mass is 471 g/mol. The van der Waals surface area contributed by atoms with Gasteiger partial charge in [0, 0.05) is 47.2 Å². The number of nitrogens with zero attached hydrogens (tertiary/aromatic N) is 2. The lowest BCUT2D eigenvalue weighted by Crippen LogP contribution is -2.23. The van der Waals surface area contributed by atoms with Gasteiger partial charge >= 0.3 is 0 Å². The molecule has 1 heterocycles. The molecule has 0 radical (unpaired) electrons. The predicted octanol–water partition coefficient (Wildman–Crippen LogP) is 5.43. The van der Waals surface area contributed by atoms with E-state index in [2.05, 4.69) is 25.9 Å². The van der Waals surface area contributed by atoms with Gasteiger partial charge in [-0.15, -0.1) is 0 Å². The van der Waals surface area contributed by atoms with Gasteiger partial charge in [-0.25, -0.2) is 9.97 Å². The summed E-state index contributed by atoms with van der Waals surface area (Å²) in [6.45, 7) is 1.77. The number of halogens is 1. The molecule has 3 N–H and O–H groups in total. The number of benzene rings is 3. The molecular weight excluding hydrogens is 450 g/mol. The molecule has 0 saturated heterocycles. The number of hydrogen-bond donors (Lipinski definition) is 3. The van der Waals surface area contributed by atoms with Gasteiger partial charge in [-0.3, -0.25) is 9.59 Å². The topological polar surface area (TPSA) is 96.0 Å². The second-order valence-corrected chi connectivity index (χ2v) is 7.94. The summed E-state index contributed by atoms with van der Waals surface area (Å²) in [6, 6.07) is 23.6. The van der Waals surface area contributed by atoms with Crippen LogP contribution in [-0.2, 0) is 11.3 Å². The molecule has 4 aromatic rings. The lowest BCUT2D eigenvalue weighted by atomic mass is 10.1. The Hall–Kier alpha value is -4.23. The van der Waals surface area contributed by atoms with Crippen molar-refractivity contribution in [2.24, 2.45) is 0 Å². The van der Waals surface area contributed by atoms with Crippen LogP contribution in [0.2, 0.25) is 5.02 Å². The first kappa shape index (κ1) is 22.9. The zero-order valence-corrected chi connectivity index (χ0v) is 19.1. The molecule has 0 atom stereocenters. The van der Waals surface area contributed by atoms with Crippen LogP contribution in [0.4, 0.5) is 17.3 Å². The maximum absolute atomic E-state index is 12.4. The van der Waals surface area contributed by atoms with E-state index in [-0.39, 0.29) is 11.8 Å². The van der Waals surface area contributed by atoms with Crippen LogP contribution in [0, 0.1) is 0 Å². The minimum Gasteiger partial charge on any atom is -0.348 e. The molecule has 0 unspecified atom stereocenters. The third-order valence-corrected chi connectivity index (χ3v) is 5.19. The standard InChI is InChI=1S/C26H22ClN5O2/c1-17(33)30-22-11-8-18(9-12-22)23-13-14-28-26(31-23)32-24-15-21(27)10-7-20(24)16-29-25(34)19-5-3-2-4-6-19/h2-15H,16H2,1H3,(H,29,34)(H,30,33)(H,28,31,32). The van der Waals surface area contributed by atoms with Crippen molar-refractivity contribution in [2.45, 2.75) is 13.5 Å². The van der Waals surface area contributed by atoms with Gasteiger partial charge in [0.05, 0.1) is 5.69 Å². The van der Waals surface area contributed by atoms with Crippen LogP contribution in [-0.4, -0.2) is 21.8 Å². The van der Waals surface area contributed by atoms with Gasteiger partial charge < -0.3 is 16.0 Å². The van der Waals surface area contributed by atoms with E-state index in [1.165, 1.54) is 6.92 Å². The zero-order chi connectivity index (χ0) is 23.9. The van der Waals surface area contributed by atoms with E-state index in [4.69, 9.17) is 11.6 Å². The normalized spacial score (nSPS) is 10.4. The number of rotatable bonds is 7. The largest absolute Gasteiger partial charge is 0.348 e. The van der Waals surface area contributed by atoms with Crippen molar-refractivity contribution in [2.75, 3.05) is 10.6 Å². The molecule has 0 saturated carbocycles. The third-order valence-electron chi connectivity index (χ3n) is 4.95. The van der Waals surface area contributed by atoms with Gasteiger partial charge in [0.1, 0.15) is 0 Å². The Morgan fingerprint density at radius 3 is 2.44 bits per heavy atom. The van der Waals surface area contributed by atoms with E-state index in [1.54, 1.807) is 36.5 Å². The van der Waals surface area contributed by atoms with Crippen LogP contribution in [0.25, 0.3) is 11.3 Å². The molecule has 0 bridgehead atoms. The number of amides is 2. The molecule has 0 aliphatic carbocycles. The first-order valence-corrected chi connectivity index (χ1v) is 11.0. The highest BCUT2D eigenvalue weighted by atomic mass is 35.5. The molecule has 34 heavy (non-hydrogen) atoms. The van der Waals surface area contributed by atoms with Crippen LogP contribution in [0.15, 0.2) is 85.1 Å². The first-order valence-electron chi connectivity index (χ1n) is 10.6. The molecule has 0 spiro atoms. The Morgan fingerprint density at radius 1 is 0.941 bits per heavy atom. The summed E-state index contributed by atoms with van der Waals surface area (Å²) in [6.07, 6.45) is 1.66. The summed E-state index contributed by atoms with van der Waals surface area (Å²) in [5.74, 6) is 0.0994. The highest BCUT2D eigenvalue weighted by Crippen LogP contribution is 2.25. The van der Waals surface area contributed by atoms with Crippen molar-refractivity contribution >= 4 is 40.7 Å². The Balaban J connectivity index is 1.51. The van der Waals surface area contributed by atoms with Crippen LogP contribution < -0.4 is 16.0 Å². The summed E-state index contributed by atoms with van der Waals surface area (Å²) >= 11 is 6.22. The molecule has 3 aromatic carbocycles.